The van der Waals surface area contributed by atoms with E-state index >= 15 is 0 Å². The maximum atomic E-state index is 5.45. The molecule has 4 aromatic rings. The predicted molar refractivity (Wildman–Crippen MR) is 104 cm³/mol. The summed E-state index contributed by atoms with van der Waals surface area (Å²) in [5, 5.41) is 12.9. The van der Waals surface area contributed by atoms with E-state index < -0.39 is 0 Å². The Labute approximate surface area is 162 Å². The molecule has 0 N–H and O–H groups in total. The van der Waals surface area contributed by atoms with Crippen LogP contribution >= 0.6 is 0 Å². The number of aromatic nitrogens is 5. The number of hydrogen-bond acceptors (Lipinski definition) is 6. The summed E-state index contributed by atoms with van der Waals surface area (Å²) in [6, 6.07) is 14.4. The van der Waals surface area contributed by atoms with Gasteiger partial charge in [-0.2, -0.15) is 4.98 Å². The van der Waals surface area contributed by atoms with E-state index in [-0.39, 0.29) is 0 Å². The molecule has 1 fully saturated rings. The summed E-state index contributed by atoms with van der Waals surface area (Å²) in [5.41, 5.74) is 3.87. The maximum absolute atomic E-state index is 5.45. The van der Waals surface area contributed by atoms with Gasteiger partial charge in [0.1, 0.15) is 11.3 Å². The number of fused-ring (bicyclic) bond motifs is 1. The first-order chi connectivity index (χ1) is 13.8. The van der Waals surface area contributed by atoms with Gasteiger partial charge in [0.15, 0.2) is 0 Å². The summed E-state index contributed by atoms with van der Waals surface area (Å²) < 4.78 is 12.8. The molecule has 7 nitrogen and oxygen atoms in total. The summed E-state index contributed by atoms with van der Waals surface area (Å²) in [7, 11) is 1.66. The molecule has 5 rings (SSSR count). The van der Waals surface area contributed by atoms with Gasteiger partial charge in [0.05, 0.1) is 25.1 Å². The Hall–Kier alpha value is -3.22. The molecule has 2 aromatic carbocycles. The second-order valence-electron chi connectivity index (χ2n) is 7.22. The van der Waals surface area contributed by atoms with Gasteiger partial charge < -0.3 is 9.26 Å². The van der Waals surface area contributed by atoms with Crippen molar-refractivity contribution in [3.63, 3.8) is 0 Å². The minimum Gasteiger partial charge on any atom is -0.497 e. The van der Waals surface area contributed by atoms with Crippen LogP contribution < -0.4 is 4.74 Å². The third-order valence-electron chi connectivity index (χ3n) is 5.36. The third-order valence-corrected chi connectivity index (χ3v) is 5.36. The van der Waals surface area contributed by atoms with E-state index in [0.29, 0.717) is 24.2 Å². The Morgan fingerprint density at radius 2 is 2.04 bits per heavy atom. The molecule has 1 saturated carbocycles. The van der Waals surface area contributed by atoms with Crippen LogP contribution in [-0.4, -0.2) is 32.2 Å². The first kappa shape index (κ1) is 16.9. The van der Waals surface area contributed by atoms with Crippen molar-refractivity contribution in [3.8, 4) is 17.1 Å². The zero-order valence-corrected chi connectivity index (χ0v) is 15.7. The van der Waals surface area contributed by atoms with Crippen LogP contribution in [0, 0.1) is 0 Å². The Morgan fingerprint density at radius 1 is 1.14 bits per heavy atom. The van der Waals surface area contributed by atoms with E-state index in [1.165, 1.54) is 25.7 Å². The Bertz CT molecular complexity index is 1110. The van der Waals surface area contributed by atoms with Gasteiger partial charge in [0.2, 0.25) is 11.7 Å². The highest BCUT2D eigenvalue weighted by molar-refractivity contribution is 5.80. The Morgan fingerprint density at radius 3 is 2.89 bits per heavy atom. The molecular formula is C21H21N5O2. The average Bonchev–Trinajstić information content (AvgIpc) is 3.47. The SMILES string of the molecule is COc1cccc(Cc2nc(-c3ccc4c(c3)nnn4C3CCCC3)no2)c1. The number of nitrogens with zero attached hydrogens (tertiary/aromatic N) is 5. The van der Waals surface area contributed by atoms with Gasteiger partial charge in [-0.05, 0) is 48.7 Å². The monoisotopic (exact) mass is 375 g/mol. The van der Waals surface area contributed by atoms with E-state index in [0.717, 1.165) is 27.9 Å². The summed E-state index contributed by atoms with van der Waals surface area (Å²) in [4.78, 5) is 4.55. The minimum atomic E-state index is 0.468. The van der Waals surface area contributed by atoms with Crippen molar-refractivity contribution in [2.45, 2.75) is 38.1 Å². The van der Waals surface area contributed by atoms with Crippen molar-refractivity contribution < 1.29 is 9.26 Å². The van der Waals surface area contributed by atoms with Crippen molar-refractivity contribution in [2.75, 3.05) is 7.11 Å². The molecule has 28 heavy (non-hydrogen) atoms. The summed E-state index contributed by atoms with van der Waals surface area (Å²) in [5.74, 6) is 1.95. The third kappa shape index (κ3) is 3.13. The van der Waals surface area contributed by atoms with Crippen LogP contribution in [0.3, 0.4) is 0 Å². The highest BCUT2D eigenvalue weighted by atomic mass is 16.5. The highest BCUT2D eigenvalue weighted by Gasteiger charge is 2.20. The standard InChI is InChI=1S/C21H21N5O2/c1-27-17-8-4-5-14(11-17)12-20-22-21(24-28-20)15-9-10-19-18(13-15)23-25-26(19)16-6-2-3-7-16/h4-5,8-11,13,16H,2-3,6-7,12H2,1H3. The van der Waals surface area contributed by atoms with Crippen molar-refractivity contribution in [3.05, 3.63) is 53.9 Å². The lowest BCUT2D eigenvalue weighted by atomic mass is 10.1. The van der Waals surface area contributed by atoms with Crippen molar-refractivity contribution in [1.82, 2.24) is 25.1 Å². The number of rotatable bonds is 5. The molecule has 0 spiro atoms. The average molecular weight is 375 g/mol. The number of hydrogen-bond donors (Lipinski definition) is 0. The van der Waals surface area contributed by atoms with E-state index in [2.05, 4.69) is 31.2 Å². The van der Waals surface area contributed by atoms with Gasteiger partial charge in [0, 0.05) is 5.56 Å². The van der Waals surface area contributed by atoms with Gasteiger partial charge in [0.25, 0.3) is 0 Å². The van der Waals surface area contributed by atoms with Gasteiger partial charge in [-0.3, -0.25) is 0 Å². The fourth-order valence-electron chi connectivity index (χ4n) is 3.90. The van der Waals surface area contributed by atoms with Gasteiger partial charge in [-0.25, -0.2) is 4.68 Å². The normalized spacial score (nSPS) is 14.8. The van der Waals surface area contributed by atoms with Crippen LogP contribution in [0.2, 0.25) is 0 Å². The molecule has 0 unspecified atom stereocenters. The molecule has 0 saturated heterocycles. The van der Waals surface area contributed by atoms with Gasteiger partial charge in [-0.15, -0.1) is 5.10 Å². The molecular weight excluding hydrogens is 354 g/mol. The molecule has 0 aliphatic heterocycles. The molecule has 2 aromatic heterocycles. The highest BCUT2D eigenvalue weighted by Crippen LogP contribution is 2.32. The van der Waals surface area contributed by atoms with Crippen LogP contribution in [0.1, 0.15) is 43.2 Å². The predicted octanol–water partition coefficient (Wildman–Crippen LogP) is 4.20. The minimum absolute atomic E-state index is 0.468. The number of methoxy groups -OCH3 is 1. The number of ether oxygens (including phenoxy) is 1. The van der Waals surface area contributed by atoms with Crippen LogP contribution in [0.15, 0.2) is 47.0 Å². The summed E-state index contributed by atoms with van der Waals surface area (Å²) in [6.45, 7) is 0. The van der Waals surface area contributed by atoms with E-state index in [1.54, 1.807) is 7.11 Å². The van der Waals surface area contributed by atoms with E-state index in [4.69, 9.17) is 9.26 Å². The Kier molecular flexibility index (Phi) is 4.27. The molecule has 142 valence electrons. The summed E-state index contributed by atoms with van der Waals surface area (Å²) in [6.07, 6.45) is 5.45. The maximum Gasteiger partial charge on any atom is 0.231 e. The van der Waals surface area contributed by atoms with Crippen LogP contribution in [-0.2, 0) is 6.42 Å². The fraction of sp³-hybridized carbons (Fsp3) is 0.333. The second-order valence-corrected chi connectivity index (χ2v) is 7.22. The molecule has 0 radical (unpaired) electrons. The topological polar surface area (TPSA) is 78.9 Å². The van der Waals surface area contributed by atoms with Crippen LogP contribution in [0.4, 0.5) is 0 Å². The first-order valence-electron chi connectivity index (χ1n) is 9.61. The van der Waals surface area contributed by atoms with Gasteiger partial charge >= 0.3 is 0 Å². The second kappa shape index (κ2) is 7.07. The van der Waals surface area contributed by atoms with Crippen molar-refractivity contribution in [1.29, 1.82) is 0 Å². The lowest BCUT2D eigenvalue weighted by Crippen LogP contribution is -2.06. The molecule has 0 bridgehead atoms. The van der Waals surface area contributed by atoms with Crippen molar-refractivity contribution >= 4 is 11.0 Å². The smallest absolute Gasteiger partial charge is 0.231 e. The molecule has 0 atom stereocenters. The molecule has 7 heteroatoms. The quantitative estimate of drug-likeness (QED) is 0.520. The zero-order chi connectivity index (χ0) is 18.9. The van der Waals surface area contributed by atoms with E-state index in [9.17, 15) is 0 Å². The van der Waals surface area contributed by atoms with Crippen LogP contribution in [0.25, 0.3) is 22.4 Å². The fourth-order valence-corrected chi connectivity index (χ4v) is 3.90. The Balaban J connectivity index is 1.39. The molecule has 0 amide bonds. The molecule has 1 aliphatic carbocycles. The lowest BCUT2D eigenvalue weighted by molar-refractivity contribution is 0.385. The molecule has 2 heterocycles. The molecule has 1 aliphatic rings. The van der Waals surface area contributed by atoms with Crippen molar-refractivity contribution in [2.24, 2.45) is 0 Å². The first-order valence-corrected chi connectivity index (χ1v) is 9.61. The largest absolute Gasteiger partial charge is 0.497 e. The van der Waals surface area contributed by atoms with Gasteiger partial charge in [-0.1, -0.05) is 35.3 Å². The van der Waals surface area contributed by atoms with Crippen LogP contribution in [0.5, 0.6) is 5.75 Å². The number of benzene rings is 2. The lowest BCUT2D eigenvalue weighted by Gasteiger charge is -2.09. The summed E-state index contributed by atoms with van der Waals surface area (Å²) >= 11 is 0. The van der Waals surface area contributed by atoms with E-state index in [1.807, 2.05) is 36.4 Å². The zero-order valence-electron chi connectivity index (χ0n) is 15.7.